The molecule has 0 bridgehead atoms. The highest BCUT2D eigenvalue weighted by atomic mass is 16.5. The fourth-order valence-corrected chi connectivity index (χ4v) is 5.07. The highest BCUT2D eigenvalue weighted by molar-refractivity contribution is 5.95. The molecule has 3 aliphatic rings. The van der Waals surface area contributed by atoms with E-state index in [1.165, 1.54) is 12.8 Å². The number of hydrogen-bond acceptors (Lipinski definition) is 5. The highest BCUT2D eigenvalue weighted by Gasteiger charge is 2.49. The third kappa shape index (κ3) is 4.10. The van der Waals surface area contributed by atoms with Crippen LogP contribution in [0.15, 0.2) is 47.2 Å². The van der Waals surface area contributed by atoms with E-state index in [-0.39, 0.29) is 28.7 Å². The van der Waals surface area contributed by atoms with Crippen LogP contribution in [0.2, 0.25) is 0 Å². The maximum absolute atomic E-state index is 12.2. The van der Waals surface area contributed by atoms with Crippen molar-refractivity contribution >= 4 is 11.6 Å². The number of nitrogens with zero attached hydrogens (tertiary/aromatic N) is 3. The number of benzene rings is 1. The quantitative estimate of drug-likeness (QED) is 0.685. The molecule has 6 nitrogen and oxygen atoms in total. The molecule has 1 atom stereocenters. The van der Waals surface area contributed by atoms with Crippen LogP contribution in [0.5, 0.6) is 0 Å². The first-order valence-electron chi connectivity index (χ1n) is 11.9. The molecule has 2 fully saturated rings. The summed E-state index contributed by atoms with van der Waals surface area (Å²) in [5.41, 5.74) is 9.47. The first-order valence-corrected chi connectivity index (χ1v) is 11.9. The second kappa shape index (κ2) is 8.13. The van der Waals surface area contributed by atoms with E-state index in [0.29, 0.717) is 17.9 Å². The Hall–Kier alpha value is -2.94. The lowest BCUT2D eigenvalue weighted by molar-refractivity contribution is -0.117. The number of rotatable bonds is 5. The van der Waals surface area contributed by atoms with Crippen LogP contribution in [0.1, 0.15) is 71.8 Å². The summed E-state index contributed by atoms with van der Waals surface area (Å²) in [6, 6.07) is 10.4. The minimum absolute atomic E-state index is 0.161. The average molecular weight is 449 g/mol. The number of nitrogens with two attached hydrogens (primary N) is 1. The lowest BCUT2D eigenvalue weighted by atomic mass is 9.68. The Balaban J connectivity index is 1.86. The molecular weight excluding hydrogens is 412 g/mol. The van der Waals surface area contributed by atoms with Gasteiger partial charge in [-0.15, -0.1) is 0 Å². The Kier molecular flexibility index (Phi) is 5.72. The molecule has 1 saturated carbocycles. The van der Waals surface area contributed by atoms with E-state index in [9.17, 15) is 10.1 Å². The van der Waals surface area contributed by atoms with Gasteiger partial charge in [0.25, 0.3) is 0 Å². The molecule has 33 heavy (non-hydrogen) atoms. The van der Waals surface area contributed by atoms with E-state index in [0.717, 1.165) is 35.7 Å². The molecule has 4 rings (SSSR count). The van der Waals surface area contributed by atoms with Gasteiger partial charge in [-0.3, -0.25) is 4.79 Å². The number of hydrogen-bond donors (Lipinski definition) is 1. The zero-order valence-corrected chi connectivity index (χ0v) is 20.7. The zero-order chi connectivity index (χ0) is 24.1. The van der Waals surface area contributed by atoms with Crippen LogP contribution in [0.4, 0.5) is 5.69 Å². The Labute approximate surface area is 197 Å². The Bertz CT molecular complexity index is 1050. The maximum Gasteiger partial charge on any atom is 0.227 e. The Morgan fingerprint density at radius 3 is 2.27 bits per heavy atom. The van der Waals surface area contributed by atoms with Crippen LogP contribution in [-0.2, 0) is 9.53 Å². The molecule has 1 unspecified atom stereocenters. The fraction of sp³-hybridized carbons (Fsp3) is 0.556. The van der Waals surface area contributed by atoms with E-state index in [1.54, 1.807) is 0 Å². The van der Waals surface area contributed by atoms with Gasteiger partial charge in [-0.2, -0.15) is 5.26 Å². The predicted molar refractivity (Wildman–Crippen MR) is 130 cm³/mol. The number of allylic oxidation sites excluding steroid dienone is 2. The lowest BCUT2D eigenvalue weighted by Crippen LogP contribution is -2.43. The lowest BCUT2D eigenvalue weighted by Gasteiger charge is -2.44. The van der Waals surface area contributed by atoms with Gasteiger partial charge in [0.2, 0.25) is 11.8 Å². The SMILES string of the molecule is CN(C1=C(C(C)(C)C2CC2)C(c2ccc(N3CCCC3=O)cc2)C(C#N)=C(N)O1)C(C)(C)C. The minimum atomic E-state index is -0.289. The van der Waals surface area contributed by atoms with Crippen LogP contribution >= 0.6 is 0 Å². The van der Waals surface area contributed by atoms with E-state index in [1.807, 2.05) is 36.2 Å². The van der Waals surface area contributed by atoms with Crippen molar-refractivity contribution in [1.82, 2.24) is 4.90 Å². The summed E-state index contributed by atoms with van der Waals surface area (Å²) in [5.74, 6) is 1.34. The van der Waals surface area contributed by atoms with Crippen molar-refractivity contribution in [2.45, 2.75) is 71.8 Å². The van der Waals surface area contributed by atoms with Crippen molar-refractivity contribution in [3.05, 3.63) is 52.7 Å². The van der Waals surface area contributed by atoms with E-state index >= 15 is 0 Å². The van der Waals surface area contributed by atoms with Gasteiger partial charge in [0.15, 0.2) is 5.88 Å². The number of anilines is 1. The summed E-state index contributed by atoms with van der Waals surface area (Å²) in [6.45, 7) is 11.7. The van der Waals surface area contributed by atoms with Gasteiger partial charge in [0.05, 0.1) is 5.92 Å². The summed E-state index contributed by atoms with van der Waals surface area (Å²) in [7, 11) is 2.03. The molecule has 1 aliphatic carbocycles. The van der Waals surface area contributed by atoms with Crippen LogP contribution in [0, 0.1) is 22.7 Å². The zero-order valence-electron chi connectivity index (χ0n) is 20.7. The number of amides is 1. The molecule has 1 aromatic carbocycles. The Morgan fingerprint density at radius 1 is 1.15 bits per heavy atom. The first kappa shape index (κ1) is 23.2. The molecule has 2 aliphatic heterocycles. The summed E-state index contributed by atoms with van der Waals surface area (Å²) in [6.07, 6.45) is 3.84. The Morgan fingerprint density at radius 2 is 1.79 bits per heavy atom. The molecule has 0 aromatic heterocycles. The topological polar surface area (TPSA) is 82.6 Å². The average Bonchev–Trinajstić information content (AvgIpc) is 3.54. The van der Waals surface area contributed by atoms with Gasteiger partial charge in [-0.05, 0) is 69.1 Å². The normalized spacial score (nSPS) is 21.9. The van der Waals surface area contributed by atoms with Gasteiger partial charge in [0, 0.05) is 36.8 Å². The monoisotopic (exact) mass is 448 g/mol. The number of ether oxygens (including phenoxy) is 1. The van der Waals surface area contributed by atoms with Crippen molar-refractivity contribution in [2.75, 3.05) is 18.5 Å². The van der Waals surface area contributed by atoms with Crippen molar-refractivity contribution in [1.29, 1.82) is 5.26 Å². The van der Waals surface area contributed by atoms with Crippen LogP contribution in [-0.4, -0.2) is 29.9 Å². The summed E-state index contributed by atoms with van der Waals surface area (Å²) < 4.78 is 6.21. The van der Waals surface area contributed by atoms with Crippen LogP contribution < -0.4 is 10.6 Å². The van der Waals surface area contributed by atoms with Crippen LogP contribution in [0.25, 0.3) is 0 Å². The second-order valence-electron chi connectivity index (χ2n) is 11.1. The second-order valence-corrected chi connectivity index (χ2v) is 11.1. The summed E-state index contributed by atoms with van der Waals surface area (Å²) in [5, 5.41) is 10.1. The maximum atomic E-state index is 12.2. The van der Waals surface area contributed by atoms with E-state index in [4.69, 9.17) is 10.5 Å². The number of carbonyl (C=O) groups is 1. The number of nitriles is 1. The number of carbonyl (C=O) groups excluding carboxylic acids is 1. The van der Waals surface area contributed by atoms with Crippen molar-refractivity contribution < 1.29 is 9.53 Å². The first-order chi connectivity index (χ1) is 15.5. The molecule has 176 valence electrons. The molecular formula is C27H36N4O2. The molecule has 2 heterocycles. The molecule has 0 spiro atoms. The van der Waals surface area contributed by atoms with E-state index < -0.39 is 0 Å². The largest absolute Gasteiger partial charge is 0.424 e. The predicted octanol–water partition coefficient (Wildman–Crippen LogP) is 5.00. The minimum Gasteiger partial charge on any atom is -0.424 e. The smallest absolute Gasteiger partial charge is 0.227 e. The fourth-order valence-electron chi connectivity index (χ4n) is 5.07. The molecule has 1 aromatic rings. The van der Waals surface area contributed by atoms with Gasteiger partial charge >= 0.3 is 0 Å². The van der Waals surface area contributed by atoms with Crippen molar-refractivity contribution in [2.24, 2.45) is 17.1 Å². The van der Waals surface area contributed by atoms with E-state index in [2.05, 4.69) is 45.6 Å². The molecule has 6 heteroatoms. The van der Waals surface area contributed by atoms with Crippen molar-refractivity contribution in [3.63, 3.8) is 0 Å². The summed E-state index contributed by atoms with van der Waals surface area (Å²) in [4.78, 5) is 16.2. The standard InChI is InChI=1S/C27H36N4O2/c1-26(2,3)30(6)25-23(27(4,5)18-11-12-18)22(20(16-28)24(29)33-25)17-9-13-19(14-10-17)31-15-7-8-21(31)32/h9-10,13-14,18,22H,7-8,11-12,15,29H2,1-6H3. The molecule has 0 radical (unpaired) electrons. The molecule has 2 N–H and O–H groups in total. The third-order valence-electron chi connectivity index (χ3n) is 7.61. The van der Waals surface area contributed by atoms with Gasteiger partial charge < -0.3 is 20.3 Å². The van der Waals surface area contributed by atoms with Gasteiger partial charge in [-0.1, -0.05) is 26.0 Å². The molecule has 1 amide bonds. The highest BCUT2D eigenvalue weighted by Crippen LogP contribution is 2.57. The van der Waals surface area contributed by atoms with Gasteiger partial charge in [0.1, 0.15) is 11.6 Å². The third-order valence-corrected chi connectivity index (χ3v) is 7.61. The van der Waals surface area contributed by atoms with Crippen LogP contribution in [0.3, 0.4) is 0 Å². The van der Waals surface area contributed by atoms with Gasteiger partial charge in [-0.25, -0.2) is 0 Å². The molecule has 1 saturated heterocycles. The van der Waals surface area contributed by atoms with Crippen molar-refractivity contribution in [3.8, 4) is 6.07 Å². The summed E-state index contributed by atoms with van der Waals surface area (Å²) >= 11 is 0.